The van der Waals surface area contributed by atoms with Crippen LogP contribution in [-0.2, 0) is 14.3 Å². The second-order valence-electron chi connectivity index (χ2n) is 6.09. The van der Waals surface area contributed by atoms with Gasteiger partial charge in [0.1, 0.15) is 5.60 Å². The molecule has 1 saturated carbocycles. The van der Waals surface area contributed by atoms with Crippen molar-refractivity contribution in [2.75, 3.05) is 13.7 Å². The Labute approximate surface area is 113 Å². The molecule has 110 valence electrons. The summed E-state index contributed by atoms with van der Waals surface area (Å²) in [4.78, 5) is 25.1. The van der Waals surface area contributed by atoms with Gasteiger partial charge in [-0.3, -0.25) is 4.90 Å². The largest absolute Gasteiger partial charge is 0.479 e. The first kappa shape index (κ1) is 15.8. The average molecular weight is 273 g/mol. The van der Waals surface area contributed by atoms with Gasteiger partial charge in [-0.05, 0) is 40.5 Å². The zero-order chi connectivity index (χ0) is 14.8. The molecular weight excluding hydrogens is 250 g/mol. The molecular formula is C13H23NO5. The highest BCUT2D eigenvalue weighted by Gasteiger charge is 2.50. The fourth-order valence-corrected chi connectivity index (χ4v) is 1.91. The second-order valence-corrected chi connectivity index (χ2v) is 6.09. The summed E-state index contributed by atoms with van der Waals surface area (Å²) in [5, 5.41) is 9.43. The summed E-state index contributed by atoms with van der Waals surface area (Å²) in [6.07, 6.45) is 0.995. The average Bonchev–Trinajstić information content (AvgIpc) is 2.99. The number of methoxy groups -OCH3 is 1. The van der Waals surface area contributed by atoms with Crippen LogP contribution in [0.3, 0.4) is 0 Å². The molecule has 0 aliphatic heterocycles. The molecule has 0 aromatic heterocycles. The van der Waals surface area contributed by atoms with Gasteiger partial charge in [-0.25, -0.2) is 9.59 Å². The van der Waals surface area contributed by atoms with Crippen LogP contribution >= 0.6 is 0 Å². The van der Waals surface area contributed by atoms with Crippen molar-refractivity contribution >= 4 is 12.1 Å². The summed E-state index contributed by atoms with van der Waals surface area (Å²) in [6, 6.07) is -0.0777. The van der Waals surface area contributed by atoms with Crippen molar-refractivity contribution in [3.8, 4) is 0 Å². The van der Waals surface area contributed by atoms with E-state index in [-0.39, 0.29) is 12.6 Å². The van der Waals surface area contributed by atoms with E-state index in [1.807, 2.05) is 0 Å². The predicted octanol–water partition coefficient (Wildman–Crippen LogP) is 1.88. The maximum Gasteiger partial charge on any atom is 0.411 e. The van der Waals surface area contributed by atoms with Crippen LogP contribution in [0.1, 0.15) is 40.5 Å². The van der Waals surface area contributed by atoms with Crippen LogP contribution in [0.15, 0.2) is 0 Å². The molecule has 0 radical (unpaired) electrons. The molecule has 0 saturated heterocycles. The van der Waals surface area contributed by atoms with Gasteiger partial charge in [0.05, 0.1) is 6.61 Å². The molecule has 19 heavy (non-hydrogen) atoms. The number of ether oxygens (including phenoxy) is 2. The Balaban J connectivity index is 2.98. The molecule has 1 N–H and O–H groups in total. The molecule has 0 heterocycles. The maximum atomic E-state index is 12.3. The van der Waals surface area contributed by atoms with E-state index >= 15 is 0 Å². The molecule has 1 amide bonds. The second kappa shape index (κ2) is 5.36. The Morgan fingerprint density at radius 3 is 2.11 bits per heavy atom. The molecule has 1 unspecified atom stereocenters. The predicted molar refractivity (Wildman–Crippen MR) is 69.0 cm³/mol. The van der Waals surface area contributed by atoms with Crippen LogP contribution < -0.4 is 0 Å². The molecule has 0 spiro atoms. The van der Waals surface area contributed by atoms with Crippen molar-refractivity contribution in [1.29, 1.82) is 0 Å². The number of carboxylic acid groups (broad SMARTS) is 1. The van der Waals surface area contributed by atoms with Gasteiger partial charge in [0.25, 0.3) is 0 Å². The van der Waals surface area contributed by atoms with Crippen LogP contribution in [0.25, 0.3) is 0 Å². The SMILES string of the molecule is COCC(C)(C(=O)O)N(C(=O)OC(C)(C)C)C1CC1. The number of nitrogens with zero attached hydrogens (tertiary/aromatic N) is 1. The molecule has 1 rings (SSSR count). The summed E-state index contributed by atoms with van der Waals surface area (Å²) < 4.78 is 10.3. The quantitative estimate of drug-likeness (QED) is 0.827. The fourth-order valence-electron chi connectivity index (χ4n) is 1.91. The van der Waals surface area contributed by atoms with Gasteiger partial charge in [0.2, 0.25) is 0 Å². The zero-order valence-corrected chi connectivity index (χ0v) is 12.2. The van der Waals surface area contributed by atoms with Gasteiger partial charge in [-0.15, -0.1) is 0 Å². The highest BCUT2D eigenvalue weighted by atomic mass is 16.6. The summed E-state index contributed by atoms with van der Waals surface area (Å²) >= 11 is 0. The van der Waals surface area contributed by atoms with Crippen LogP contribution in [0.2, 0.25) is 0 Å². The minimum absolute atomic E-state index is 0.0714. The van der Waals surface area contributed by atoms with Crippen LogP contribution in [0, 0.1) is 0 Å². The van der Waals surface area contributed by atoms with Gasteiger partial charge < -0.3 is 14.6 Å². The third-order valence-corrected chi connectivity index (χ3v) is 2.92. The molecule has 1 aliphatic rings. The minimum atomic E-state index is -1.40. The van der Waals surface area contributed by atoms with E-state index in [1.165, 1.54) is 18.9 Å². The molecule has 0 bridgehead atoms. The van der Waals surface area contributed by atoms with Gasteiger partial charge in [-0.1, -0.05) is 0 Å². The fraction of sp³-hybridized carbons (Fsp3) is 0.846. The number of carboxylic acids is 1. The maximum absolute atomic E-state index is 12.3. The Morgan fingerprint density at radius 2 is 1.79 bits per heavy atom. The Bertz CT molecular complexity index is 359. The van der Waals surface area contributed by atoms with Gasteiger partial charge in [0, 0.05) is 13.2 Å². The van der Waals surface area contributed by atoms with Gasteiger partial charge >= 0.3 is 12.1 Å². The summed E-state index contributed by atoms with van der Waals surface area (Å²) in [5.74, 6) is -1.09. The monoisotopic (exact) mass is 273 g/mol. The topological polar surface area (TPSA) is 76.1 Å². The van der Waals surface area contributed by atoms with Crippen molar-refractivity contribution in [3.05, 3.63) is 0 Å². The number of amides is 1. The molecule has 1 aliphatic carbocycles. The van der Waals surface area contributed by atoms with Crippen LogP contribution in [0.5, 0.6) is 0 Å². The summed E-state index contributed by atoms with van der Waals surface area (Å²) in [5.41, 5.74) is -2.06. The Morgan fingerprint density at radius 1 is 1.26 bits per heavy atom. The number of carbonyl (C=O) groups excluding carboxylic acids is 1. The lowest BCUT2D eigenvalue weighted by atomic mass is 10.0. The molecule has 0 aromatic carbocycles. The standard InChI is InChI=1S/C13H23NO5/c1-12(2,3)19-11(17)14(9-6-7-9)13(4,8-18-5)10(15)16/h9H,6-8H2,1-5H3,(H,15,16). The number of rotatable bonds is 5. The van der Waals surface area contributed by atoms with Crippen molar-refractivity contribution in [3.63, 3.8) is 0 Å². The Hall–Kier alpha value is -1.30. The van der Waals surface area contributed by atoms with Crippen LogP contribution in [0.4, 0.5) is 4.79 Å². The lowest BCUT2D eigenvalue weighted by Crippen LogP contribution is -2.59. The lowest BCUT2D eigenvalue weighted by molar-refractivity contribution is -0.154. The molecule has 0 aromatic rings. The number of hydrogen-bond donors (Lipinski definition) is 1. The molecule has 1 atom stereocenters. The smallest absolute Gasteiger partial charge is 0.411 e. The number of carbonyl (C=O) groups is 2. The first-order valence-corrected chi connectivity index (χ1v) is 6.36. The number of aliphatic carboxylic acids is 1. The Kier molecular flexibility index (Phi) is 4.45. The van der Waals surface area contributed by atoms with E-state index in [0.29, 0.717) is 0 Å². The molecule has 6 nitrogen and oxygen atoms in total. The normalized spacial score (nSPS) is 18.6. The minimum Gasteiger partial charge on any atom is -0.479 e. The zero-order valence-electron chi connectivity index (χ0n) is 12.2. The highest BCUT2D eigenvalue weighted by molar-refractivity contribution is 5.84. The third kappa shape index (κ3) is 3.83. The first-order chi connectivity index (χ1) is 8.62. The first-order valence-electron chi connectivity index (χ1n) is 6.36. The summed E-state index contributed by atoms with van der Waals surface area (Å²) in [7, 11) is 1.42. The van der Waals surface area contributed by atoms with E-state index in [0.717, 1.165) is 12.8 Å². The third-order valence-electron chi connectivity index (χ3n) is 2.92. The van der Waals surface area contributed by atoms with E-state index in [2.05, 4.69) is 0 Å². The van der Waals surface area contributed by atoms with Crippen molar-refractivity contribution in [2.45, 2.75) is 57.7 Å². The van der Waals surface area contributed by atoms with Gasteiger partial charge in [-0.2, -0.15) is 0 Å². The van der Waals surface area contributed by atoms with E-state index in [9.17, 15) is 14.7 Å². The molecule has 1 fully saturated rings. The van der Waals surface area contributed by atoms with Crippen molar-refractivity contribution < 1.29 is 24.2 Å². The number of hydrogen-bond acceptors (Lipinski definition) is 4. The van der Waals surface area contributed by atoms with E-state index in [1.54, 1.807) is 20.8 Å². The van der Waals surface area contributed by atoms with Crippen molar-refractivity contribution in [1.82, 2.24) is 4.90 Å². The van der Waals surface area contributed by atoms with Crippen LogP contribution in [-0.4, -0.2) is 53.0 Å². The van der Waals surface area contributed by atoms with Gasteiger partial charge in [0.15, 0.2) is 5.54 Å². The lowest BCUT2D eigenvalue weighted by Gasteiger charge is -2.38. The molecule has 6 heteroatoms. The van der Waals surface area contributed by atoms with E-state index in [4.69, 9.17) is 9.47 Å². The summed E-state index contributed by atoms with van der Waals surface area (Å²) in [6.45, 7) is 6.68. The van der Waals surface area contributed by atoms with E-state index < -0.39 is 23.2 Å². The van der Waals surface area contributed by atoms with Crippen molar-refractivity contribution in [2.24, 2.45) is 0 Å². The highest BCUT2D eigenvalue weighted by Crippen LogP contribution is 2.34.